The van der Waals surface area contributed by atoms with Crippen LogP contribution in [0.4, 0.5) is 0 Å². The third kappa shape index (κ3) is 7.04. The lowest BCUT2D eigenvalue weighted by atomic mass is 10.1. The van der Waals surface area contributed by atoms with Crippen molar-refractivity contribution >= 4 is 11.6 Å². The van der Waals surface area contributed by atoms with Crippen LogP contribution < -0.4 is 4.74 Å². The first-order valence-electron chi connectivity index (χ1n) is 8.49. The highest BCUT2D eigenvalue weighted by molar-refractivity contribution is 6.18. The molecule has 0 spiro atoms. The highest BCUT2D eigenvalue weighted by Gasteiger charge is 2.05. The molecule has 0 saturated heterocycles. The third-order valence-corrected chi connectivity index (χ3v) is 4.36. The first-order chi connectivity index (χ1) is 12.1. The highest BCUT2D eigenvalue weighted by Crippen LogP contribution is 2.23. The Hall–Kier alpha value is -1.59. The van der Waals surface area contributed by atoms with Gasteiger partial charge in [0.15, 0.2) is 0 Å². The summed E-state index contributed by atoms with van der Waals surface area (Å²) in [5.41, 5.74) is 2.22. The second kappa shape index (κ2) is 10.4. The number of ether oxygens (including phenoxy) is 1. The minimum Gasteiger partial charge on any atom is -0.457 e. The van der Waals surface area contributed by atoms with Gasteiger partial charge in [-0.3, -0.25) is 0 Å². The van der Waals surface area contributed by atoms with Crippen LogP contribution in [0.2, 0.25) is 0 Å². The van der Waals surface area contributed by atoms with Crippen molar-refractivity contribution in [3.63, 3.8) is 0 Å². The Bertz CT molecular complexity index is 557. The summed E-state index contributed by atoms with van der Waals surface area (Å²) in [5.74, 6) is 1.76. The molecule has 5 heteroatoms. The van der Waals surface area contributed by atoms with Gasteiger partial charge < -0.3 is 20.1 Å². The Balaban J connectivity index is 1.85. The normalized spacial score (nSPS) is 13.4. The van der Waals surface area contributed by atoms with E-state index in [1.54, 1.807) is 0 Å². The van der Waals surface area contributed by atoms with E-state index in [2.05, 4.69) is 0 Å². The molecule has 25 heavy (non-hydrogen) atoms. The average Bonchev–Trinajstić information content (AvgIpc) is 2.66. The molecule has 4 nitrogen and oxygen atoms in total. The first-order valence-corrected chi connectivity index (χ1v) is 9.03. The highest BCUT2D eigenvalue weighted by atomic mass is 35.5. The predicted molar refractivity (Wildman–Crippen MR) is 99.4 cm³/mol. The second-order valence-electron chi connectivity index (χ2n) is 6.11. The lowest BCUT2D eigenvalue weighted by Gasteiger charge is -2.10. The number of hydrogen-bond donors (Lipinski definition) is 3. The molecular weight excluding hydrogens is 340 g/mol. The van der Waals surface area contributed by atoms with E-state index in [9.17, 15) is 10.2 Å². The molecule has 0 saturated carbocycles. The molecule has 2 atom stereocenters. The van der Waals surface area contributed by atoms with E-state index in [0.29, 0.717) is 19.3 Å². The van der Waals surface area contributed by atoms with Crippen molar-refractivity contribution in [2.45, 2.75) is 37.9 Å². The van der Waals surface area contributed by atoms with Crippen LogP contribution in [0.1, 0.15) is 24.0 Å². The maximum absolute atomic E-state index is 9.49. The van der Waals surface area contributed by atoms with Gasteiger partial charge in [0.2, 0.25) is 0 Å². The van der Waals surface area contributed by atoms with E-state index in [1.165, 1.54) is 0 Å². The number of aliphatic hydroxyl groups excluding tert-OH is 3. The number of alkyl halides is 1. The monoisotopic (exact) mass is 364 g/mol. The van der Waals surface area contributed by atoms with Gasteiger partial charge >= 0.3 is 0 Å². The van der Waals surface area contributed by atoms with Crippen LogP contribution in [0.15, 0.2) is 48.5 Å². The number of halogens is 1. The summed E-state index contributed by atoms with van der Waals surface area (Å²) in [5, 5.41) is 27.7. The van der Waals surface area contributed by atoms with Gasteiger partial charge in [0.05, 0.1) is 18.8 Å². The summed E-state index contributed by atoms with van der Waals surface area (Å²) < 4.78 is 5.82. The van der Waals surface area contributed by atoms with Crippen LogP contribution in [-0.4, -0.2) is 40.0 Å². The molecule has 136 valence electrons. The molecule has 0 bridgehead atoms. The fourth-order valence-electron chi connectivity index (χ4n) is 2.42. The van der Waals surface area contributed by atoms with Gasteiger partial charge in [0.25, 0.3) is 0 Å². The van der Waals surface area contributed by atoms with Crippen LogP contribution in [0.25, 0.3) is 0 Å². The van der Waals surface area contributed by atoms with Crippen molar-refractivity contribution in [3.8, 4) is 11.5 Å². The molecule has 3 N–H and O–H groups in total. The van der Waals surface area contributed by atoms with Crippen LogP contribution in [0, 0.1) is 0 Å². The topological polar surface area (TPSA) is 69.9 Å². The molecular formula is C20H25ClO4. The Labute approximate surface area is 153 Å². The van der Waals surface area contributed by atoms with Gasteiger partial charge in [-0.15, -0.1) is 11.6 Å². The van der Waals surface area contributed by atoms with Crippen molar-refractivity contribution in [2.75, 3.05) is 12.5 Å². The van der Waals surface area contributed by atoms with Crippen molar-refractivity contribution in [2.24, 2.45) is 0 Å². The second-order valence-corrected chi connectivity index (χ2v) is 6.42. The van der Waals surface area contributed by atoms with Gasteiger partial charge in [-0.2, -0.15) is 0 Å². The quantitative estimate of drug-likeness (QED) is 0.566. The molecule has 0 heterocycles. The van der Waals surface area contributed by atoms with E-state index in [4.69, 9.17) is 21.4 Å². The third-order valence-electron chi connectivity index (χ3n) is 4.00. The predicted octanol–water partition coefficient (Wildman–Crippen LogP) is 3.30. The average molecular weight is 365 g/mol. The van der Waals surface area contributed by atoms with Crippen molar-refractivity contribution in [3.05, 3.63) is 59.7 Å². The summed E-state index contributed by atoms with van der Waals surface area (Å²) in [6.45, 7) is -0.206. The van der Waals surface area contributed by atoms with Crippen molar-refractivity contribution in [1.29, 1.82) is 0 Å². The summed E-state index contributed by atoms with van der Waals surface area (Å²) in [4.78, 5) is 0. The Morgan fingerprint density at radius 2 is 1.20 bits per heavy atom. The maximum atomic E-state index is 9.49. The fourth-order valence-corrected chi connectivity index (χ4v) is 2.57. The largest absolute Gasteiger partial charge is 0.457 e. The minimum atomic E-state index is -0.667. The number of rotatable bonds is 10. The summed E-state index contributed by atoms with van der Waals surface area (Å²) >= 11 is 5.59. The molecule has 2 aromatic carbocycles. The Morgan fingerprint density at radius 1 is 0.760 bits per heavy atom. The molecule has 0 amide bonds. The smallest absolute Gasteiger partial charge is 0.127 e. The van der Waals surface area contributed by atoms with E-state index in [-0.39, 0.29) is 12.5 Å². The minimum absolute atomic E-state index is 0.206. The maximum Gasteiger partial charge on any atom is 0.127 e. The standard InChI is InChI=1S/C20H25ClO4/c21-13-17(23)7-1-15-3-9-19(10-4-15)25-20-11-5-16(6-12-20)2-8-18(24)14-22/h3-6,9-12,17-18,22-24H,1-2,7-8,13-14H2. The number of aliphatic hydroxyl groups is 3. The summed E-state index contributed by atoms with van der Waals surface area (Å²) in [6, 6.07) is 15.5. The van der Waals surface area contributed by atoms with E-state index >= 15 is 0 Å². The van der Waals surface area contributed by atoms with Crippen molar-refractivity contribution in [1.82, 2.24) is 0 Å². The lowest BCUT2D eigenvalue weighted by Crippen LogP contribution is -2.12. The van der Waals surface area contributed by atoms with E-state index < -0.39 is 12.2 Å². The lowest BCUT2D eigenvalue weighted by molar-refractivity contribution is 0.0886. The van der Waals surface area contributed by atoms with E-state index in [1.807, 2.05) is 48.5 Å². The molecule has 0 aliphatic rings. The molecule has 0 aliphatic carbocycles. The summed E-state index contributed by atoms with van der Waals surface area (Å²) in [6.07, 6.45) is 1.55. The van der Waals surface area contributed by atoms with Gasteiger partial charge in [0.1, 0.15) is 11.5 Å². The number of benzene rings is 2. The van der Waals surface area contributed by atoms with Gasteiger partial charge in [-0.1, -0.05) is 24.3 Å². The summed E-state index contributed by atoms with van der Waals surface area (Å²) in [7, 11) is 0. The molecule has 2 aromatic rings. The van der Waals surface area contributed by atoms with Gasteiger partial charge in [0, 0.05) is 5.88 Å². The molecule has 0 fully saturated rings. The molecule has 0 aliphatic heterocycles. The van der Waals surface area contributed by atoms with E-state index in [0.717, 1.165) is 29.0 Å². The Kier molecular flexibility index (Phi) is 8.22. The molecule has 2 unspecified atom stereocenters. The molecule has 0 radical (unpaired) electrons. The number of hydrogen-bond acceptors (Lipinski definition) is 4. The van der Waals surface area contributed by atoms with Gasteiger partial charge in [-0.25, -0.2) is 0 Å². The van der Waals surface area contributed by atoms with Gasteiger partial charge in [-0.05, 0) is 61.1 Å². The zero-order valence-electron chi connectivity index (χ0n) is 14.1. The number of aryl methyl sites for hydroxylation is 2. The fraction of sp³-hybridized carbons (Fsp3) is 0.400. The van der Waals surface area contributed by atoms with Crippen LogP contribution in [0.3, 0.4) is 0 Å². The Morgan fingerprint density at radius 3 is 1.60 bits per heavy atom. The van der Waals surface area contributed by atoms with Crippen molar-refractivity contribution < 1.29 is 20.1 Å². The first kappa shape index (κ1) is 19.7. The zero-order valence-corrected chi connectivity index (χ0v) is 14.9. The molecule has 0 aromatic heterocycles. The molecule has 2 rings (SSSR count). The van der Waals surface area contributed by atoms with Crippen LogP contribution >= 0.6 is 11.6 Å². The van der Waals surface area contributed by atoms with Crippen LogP contribution in [-0.2, 0) is 12.8 Å². The zero-order chi connectivity index (χ0) is 18.1. The SMILES string of the molecule is OCC(O)CCc1ccc(Oc2ccc(CCC(O)CCl)cc2)cc1. The van der Waals surface area contributed by atoms with Crippen LogP contribution in [0.5, 0.6) is 11.5 Å².